The van der Waals surface area contributed by atoms with Crippen LogP contribution in [0.1, 0.15) is 19.5 Å². The molecule has 1 atom stereocenters. The van der Waals surface area contributed by atoms with Gasteiger partial charge >= 0.3 is 0 Å². The molecule has 0 aliphatic heterocycles. The van der Waals surface area contributed by atoms with Crippen LogP contribution in [0, 0.1) is 0 Å². The monoisotopic (exact) mass is 261 g/mol. The van der Waals surface area contributed by atoms with Gasteiger partial charge in [0.05, 0.1) is 18.8 Å². The van der Waals surface area contributed by atoms with Gasteiger partial charge in [0.15, 0.2) is 0 Å². The first-order valence-corrected chi connectivity index (χ1v) is 5.96. The molecule has 0 aliphatic carbocycles. The molecule has 0 unspecified atom stereocenters. The van der Waals surface area contributed by atoms with Gasteiger partial charge in [0.2, 0.25) is 5.88 Å². The Balaban J connectivity index is 2.56. The summed E-state index contributed by atoms with van der Waals surface area (Å²) < 4.78 is 4.95. The van der Waals surface area contributed by atoms with Gasteiger partial charge < -0.3 is 10.1 Å². The molecule has 0 radical (unpaired) electrons. The third-order valence-electron chi connectivity index (χ3n) is 2.40. The molecule has 1 aromatic heterocycles. The van der Waals surface area contributed by atoms with Gasteiger partial charge in [-0.15, -0.1) is 5.10 Å². The van der Waals surface area contributed by atoms with Crippen LogP contribution >= 0.6 is 0 Å². The van der Waals surface area contributed by atoms with Crippen molar-refractivity contribution in [1.82, 2.24) is 15.5 Å². The van der Waals surface area contributed by atoms with Gasteiger partial charge in [-0.3, -0.25) is 0 Å². The molecule has 1 aromatic rings. The highest BCUT2D eigenvalue weighted by Gasteiger charge is 2.08. The van der Waals surface area contributed by atoms with E-state index in [1.54, 1.807) is 19.4 Å². The summed E-state index contributed by atoms with van der Waals surface area (Å²) in [5.74, 6) is 1.14. The summed E-state index contributed by atoms with van der Waals surface area (Å²) >= 11 is 0. The van der Waals surface area contributed by atoms with Crippen molar-refractivity contribution < 1.29 is 4.74 Å². The van der Waals surface area contributed by atoms with Gasteiger partial charge in [0.1, 0.15) is 5.84 Å². The molecular formula is C13H19N5O. The second kappa shape index (κ2) is 8.10. The number of nitrogens with zero attached hydrogens (tertiary/aromatic N) is 4. The van der Waals surface area contributed by atoms with E-state index in [-0.39, 0.29) is 6.04 Å². The van der Waals surface area contributed by atoms with Crippen LogP contribution in [0.15, 0.2) is 34.4 Å². The van der Waals surface area contributed by atoms with Crippen molar-refractivity contribution in [2.24, 2.45) is 9.98 Å². The van der Waals surface area contributed by atoms with E-state index in [4.69, 9.17) is 4.74 Å². The molecule has 102 valence electrons. The summed E-state index contributed by atoms with van der Waals surface area (Å²) in [5.41, 5.74) is 0.821. The van der Waals surface area contributed by atoms with E-state index < -0.39 is 0 Å². The smallest absolute Gasteiger partial charge is 0.233 e. The Morgan fingerprint density at radius 3 is 2.84 bits per heavy atom. The largest absolute Gasteiger partial charge is 0.480 e. The number of nitrogens with one attached hydrogen (secondary N) is 1. The van der Waals surface area contributed by atoms with Crippen molar-refractivity contribution in [3.63, 3.8) is 0 Å². The van der Waals surface area contributed by atoms with Crippen molar-refractivity contribution in [2.45, 2.75) is 26.4 Å². The number of hydrogen-bond acceptors (Lipinski definition) is 5. The molecule has 1 N–H and O–H groups in total. The molecule has 6 nitrogen and oxygen atoms in total. The lowest BCUT2D eigenvalue weighted by atomic mass is 10.3. The Bertz CT molecular complexity index is 453. The lowest BCUT2D eigenvalue weighted by Crippen LogP contribution is -2.32. The molecule has 6 heteroatoms. The van der Waals surface area contributed by atoms with E-state index in [2.05, 4.69) is 32.2 Å². The fourth-order valence-corrected chi connectivity index (χ4v) is 1.34. The highest BCUT2D eigenvalue weighted by molar-refractivity contribution is 5.91. The Morgan fingerprint density at radius 1 is 1.53 bits per heavy atom. The molecule has 0 aliphatic rings. The van der Waals surface area contributed by atoms with Crippen LogP contribution in [-0.2, 0) is 6.54 Å². The summed E-state index contributed by atoms with van der Waals surface area (Å²) in [6.45, 7) is 7.95. The lowest BCUT2D eigenvalue weighted by Gasteiger charge is -2.12. The average molecular weight is 261 g/mol. The van der Waals surface area contributed by atoms with Gasteiger partial charge in [-0.25, -0.2) is 9.98 Å². The Hall–Kier alpha value is -2.08. The predicted molar refractivity (Wildman–Crippen MR) is 76.7 cm³/mol. The molecule has 1 heterocycles. The second-order valence-electron chi connectivity index (χ2n) is 3.80. The maximum Gasteiger partial charge on any atom is 0.233 e. The maximum absolute atomic E-state index is 4.95. The fourth-order valence-electron chi connectivity index (χ4n) is 1.34. The van der Waals surface area contributed by atoms with Gasteiger partial charge in [-0.05, 0) is 26.6 Å². The minimum Gasteiger partial charge on any atom is -0.480 e. The summed E-state index contributed by atoms with van der Waals surface area (Å²) in [6.07, 6.45) is 3.53. The summed E-state index contributed by atoms with van der Waals surface area (Å²) in [6, 6.07) is 3.61. The zero-order valence-corrected chi connectivity index (χ0v) is 11.5. The number of aromatic nitrogens is 2. The number of amidine groups is 1. The van der Waals surface area contributed by atoms with E-state index in [1.807, 2.05) is 26.0 Å². The van der Waals surface area contributed by atoms with Crippen molar-refractivity contribution in [1.29, 1.82) is 0 Å². The van der Waals surface area contributed by atoms with Crippen LogP contribution in [0.4, 0.5) is 0 Å². The molecule has 0 aromatic carbocycles. The summed E-state index contributed by atoms with van der Waals surface area (Å²) in [4.78, 5) is 8.08. The first-order chi connectivity index (χ1) is 9.21. The van der Waals surface area contributed by atoms with Crippen molar-refractivity contribution in [3.05, 3.63) is 30.1 Å². The second-order valence-corrected chi connectivity index (χ2v) is 3.80. The number of allylic oxidation sites excluding steroid dienone is 1. The van der Waals surface area contributed by atoms with Gasteiger partial charge in [0, 0.05) is 18.8 Å². The van der Waals surface area contributed by atoms with Crippen molar-refractivity contribution in [3.8, 4) is 5.88 Å². The number of aliphatic imine (C=N–C) groups is 2. The Labute approximate surface area is 113 Å². The highest BCUT2D eigenvalue weighted by Crippen LogP contribution is 2.03. The number of methoxy groups -OCH3 is 1. The van der Waals surface area contributed by atoms with Crippen LogP contribution in [0.25, 0.3) is 0 Å². The van der Waals surface area contributed by atoms with E-state index in [0.717, 1.165) is 5.69 Å². The quantitative estimate of drug-likeness (QED) is 0.623. The number of hydrogen-bond donors (Lipinski definition) is 1. The molecular weight excluding hydrogens is 242 g/mol. The van der Waals surface area contributed by atoms with Crippen molar-refractivity contribution >= 4 is 12.6 Å². The normalized spacial score (nSPS) is 13.5. The predicted octanol–water partition coefficient (Wildman–Crippen LogP) is 1.60. The third-order valence-corrected chi connectivity index (χ3v) is 2.40. The highest BCUT2D eigenvalue weighted by atomic mass is 16.5. The summed E-state index contributed by atoms with van der Waals surface area (Å²) in [7, 11) is 1.56. The first kappa shape index (κ1) is 15.0. The summed E-state index contributed by atoms with van der Waals surface area (Å²) in [5, 5.41) is 11.2. The number of ether oxygens (including phenoxy) is 1. The van der Waals surface area contributed by atoms with E-state index >= 15 is 0 Å². The molecule has 19 heavy (non-hydrogen) atoms. The van der Waals surface area contributed by atoms with Gasteiger partial charge in [0.25, 0.3) is 0 Å². The fraction of sp³-hybridized carbons (Fsp3) is 0.385. The Kier molecular flexibility index (Phi) is 6.38. The average Bonchev–Trinajstić information content (AvgIpc) is 2.46. The topological polar surface area (TPSA) is 71.8 Å². The van der Waals surface area contributed by atoms with Crippen LogP contribution in [0.2, 0.25) is 0 Å². The van der Waals surface area contributed by atoms with E-state index in [9.17, 15) is 0 Å². The van der Waals surface area contributed by atoms with Crippen LogP contribution in [-0.4, -0.2) is 35.9 Å². The van der Waals surface area contributed by atoms with Gasteiger partial charge in [-0.1, -0.05) is 6.08 Å². The molecule has 0 amide bonds. The number of rotatable bonds is 6. The lowest BCUT2D eigenvalue weighted by molar-refractivity contribution is 0.390. The Morgan fingerprint density at radius 2 is 2.32 bits per heavy atom. The molecule has 0 bridgehead atoms. The molecule has 0 fully saturated rings. The van der Waals surface area contributed by atoms with Crippen LogP contribution < -0.4 is 10.1 Å². The molecule has 0 saturated heterocycles. The van der Waals surface area contributed by atoms with Crippen LogP contribution in [0.5, 0.6) is 5.88 Å². The van der Waals surface area contributed by atoms with Crippen LogP contribution in [0.3, 0.4) is 0 Å². The van der Waals surface area contributed by atoms with Crippen molar-refractivity contribution in [2.75, 3.05) is 7.11 Å². The minimum absolute atomic E-state index is 0.0161. The molecule has 0 spiro atoms. The van der Waals surface area contributed by atoms with E-state index in [1.165, 1.54) is 0 Å². The molecule has 1 rings (SSSR count). The zero-order valence-electron chi connectivity index (χ0n) is 11.5. The maximum atomic E-state index is 4.95. The first-order valence-electron chi connectivity index (χ1n) is 5.96. The minimum atomic E-state index is -0.0161. The standard InChI is InChI=1S/C13H19N5O/c1-5-8-15-13(14-3)10(2)16-9-11-6-7-12(19-4)18-17-11/h5-8,10,16H,3,9H2,1-2,4H3/b8-5-,15-13?/t10-/m1/s1. The van der Waals surface area contributed by atoms with Gasteiger partial charge in [-0.2, -0.15) is 5.10 Å². The third kappa shape index (κ3) is 4.97. The zero-order chi connectivity index (χ0) is 14.1. The molecule has 0 saturated carbocycles. The van der Waals surface area contributed by atoms with E-state index in [0.29, 0.717) is 18.3 Å². The SMILES string of the molecule is C=NC(=N/C=C\C)[C@@H](C)NCc1ccc(OC)nn1.